The molecule has 2 aromatic heterocycles. The van der Waals surface area contributed by atoms with Crippen molar-refractivity contribution in [1.29, 1.82) is 0 Å². The highest BCUT2D eigenvalue weighted by Gasteiger charge is 2.40. The van der Waals surface area contributed by atoms with Crippen LogP contribution >= 0.6 is 15.9 Å². The van der Waals surface area contributed by atoms with E-state index in [-0.39, 0.29) is 5.69 Å². The predicted molar refractivity (Wildman–Crippen MR) is 68.8 cm³/mol. The average Bonchev–Trinajstić information content (AvgIpc) is 2.77. The van der Waals surface area contributed by atoms with Gasteiger partial charge in [0, 0.05) is 6.20 Å². The minimum absolute atomic E-state index is 0.178. The number of hydrogen-bond acceptors (Lipinski definition) is 3. The molecule has 0 aromatic carbocycles. The SMILES string of the molecule is CC(=O)c1cnn(-c2ccnc(C)c2Br)c1C(F)(F)F. The number of pyridine rings is 1. The molecule has 0 amide bonds. The van der Waals surface area contributed by atoms with E-state index >= 15 is 0 Å². The maximum Gasteiger partial charge on any atom is 0.434 e. The maximum absolute atomic E-state index is 13.2. The number of aromatic nitrogens is 3. The van der Waals surface area contributed by atoms with E-state index in [4.69, 9.17) is 0 Å². The molecule has 8 heteroatoms. The highest BCUT2D eigenvalue weighted by Crippen LogP contribution is 2.35. The molecule has 0 saturated carbocycles. The van der Waals surface area contributed by atoms with Gasteiger partial charge in [0.25, 0.3) is 0 Å². The number of hydrogen-bond donors (Lipinski definition) is 0. The van der Waals surface area contributed by atoms with Crippen LogP contribution in [0.2, 0.25) is 0 Å². The summed E-state index contributed by atoms with van der Waals surface area (Å²) in [5.41, 5.74) is -0.844. The quantitative estimate of drug-likeness (QED) is 0.780. The number of halogens is 4. The Labute approximate surface area is 120 Å². The van der Waals surface area contributed by atoms with Crippen LogP contribution in [-0.2, 0) is 6.18 Å². The summed E-state index contributed by atoms with van der Waals surface area (Å²) in [6.07, 6.45) is -2.38. The van der Waals surface area contributed by atoms with E-state index in [1.54, 1.807) is 6.92 Å². The molecule has 2 aromatic rings. The fourth-order valence-electron chi connectivity index (χ4n) is 1.76. The van der Waals surface area contributed by atoms with Gasteiger partial charge in [-0.1, -0.05) is 0 Å². The first-order chi connectivity index (χ1) is 9.23. The van der Waals surface area contributed by atoms with Crippen LogP contribution in [0.4, 0.5) is 13.2 Å². The highest BCUT2D eigenvalue weighted by molar-refractivity contribution is 9.10. The fourth-order valence-corrected chi connectivity index (χ4v) is 2.16. The zero-order valence-electron chi connectivity index (χ0n) is 10.5. The first-order valence-corrected chi connectivity index (χ1v) is 6.30. The van der Waals surface area contributed by atoms with Crippen molar-refractivity contribution >= 4 is 21.7 Å². The summed E-state index contributed by atoms with van der Waals surface area (Å²) in [6, 6.07) is 1.39. The summed E-state index contributed by atoms with van der Waals surface area (Å²) in [4.78, 5) is 15.3. The van der Waals surface area contributed by atoms with Crippen LogP contribution in [-0.4, -0.2) is 20.5 Å². The highest BCUT2D eigenvalue weighted by atomic mass is 79.9. The summed E-state index contributed by atoms with van der Waals surface area (Å²) in [5, 5.41) is 3.69. The Hall–Kier alpha value is -1.70. The van der Waals surface area contributed by atoms with Crippen LogP contribution in [0, 0.1) is 6.92 Å². The normalized spacial score (nSPS) is 11.7. The van der Waals surface area contributed by atoms with E-state index in [1.807, 2.05) is 0 Å². The van der Waals surface area contributed by atoms with Crippen LogP contribution in [0.5, 0.6) is 0 Å². The monoisotopic (exact) mass is 347 g/mol. The second kappa shape index (κ2) is 5.01. The first kappa shape index (κ1) is 14.7. The van der Waals surface area contributed by atoms with E-state index in [0.717, 1.165) is 13.1 Å². The summed E-state index contributed by atoms with van der Waals surface area (Å²) < 4.78 is 40.6. The number of carbonyl (C=O) groups is 1. The average molecular weight is 348 g/mol. The standard InChI is InChI=1S/C12H9BrF3N3O/c1-6-10(13)9(3-4-17-6)19-11(12(14,15)16)8(5-18-19)7(2)20/h3-5H,1-2H3. The third-order valence-corrected chi connectivity index (χ3v) is 3.67. The van der Waals surface area contributed by atoms with Gasteiger partial charge in [0.1, 0.15) is 0 Å². The van der Waals surface area contributed by atoms with Gasteiger partial charge in [-0.15, -0.1) is 0 Å². The first-order valence-electron chi connectivity index (χ1n) is 5.51. The Bertz CT molecular complexity index is 679. The van der Waals surface area contributed by atoms with Crippen molar-refractivity contribution in [2.75, 3.05) is 0 Å². The second-order valence-electron chi connectivity index (χ2n) is 4.10. The fraction of sp³-hybridized carbons (Fsp3) is 0.250. The molecule has 0 aliphatic rings. The molecule has 106 valence electrons. The Morgan fingerprint density at radius 3 is 2.60 bits per heavy atom. The number of carbonyl (C=O) groups excluding carboxylic acids is 1. The number of nitrogens with zero attached hydrogens (tertiary/aromatic N) is 3. The van der Waals surface area contributed by atoms with Gasteiger partial charge in [-0.05, 0) is 35.8 Å². The molecule has 4 nitrogen and oxygen atoms in total. The lowest BCUT2D eigenvalue weighted by Gasteiger charge is -2.13. The molecule has 0 saturated heterocycles. The summed E-state index contributed by atoms with van der Waals surface area (Å²) >= 11 is 3.19. The third-order valence-electron chi connectivity index (χ3n) is 2.69. The third kappa shape index (κ3) is 2.47. The maximum atomic E-state index is 13.2. The Balaban J connectivity index is 2.76. The number of Topliss-reactive ketones (excluding diaryl/α,β-unsaturated/α-hetero) is 1. The molecule has 2 heterocycles. The van der Waals surface area contributed by atoms with Crippen molar-refractivity contribution in [2.45, 2.75) is 20.0 Å². The van der Waals surface area contributed by atoms with Gasteiger partial charge in [-0.2, -0.15) is 18.3 Å². The van der Waals surface area contributed by atoms with Crippen LogP contribution < -0.4 is 0 Å². The van der Waals surface area contributed by atoms with Crippen molar-refractivity contribution in [3.63, 3.8) is 0 Å². The van der Waals surface area contributed by atoms with Gasteiger partial charge in [0.05, 0.1) is 27.6 Å². The lowest BCUT2D eigenvalue weighted by atomic mass is 10.1. The molecular weight excluding hydrogens is 339 g/mol. The molecule has 0 atom stereocenters. The molecule has 0 aliphatic heterocycles. The number of alkyl halides is 3. The Kier molecular flexibility index (Phi) is 3.68. The molecule has 2 rings (SSSR count). The number of rotatable bonds is 2. The van der Waals surface area contributed by atoms with Crippen LogP contribution in [0.15, 0.2) is 22.9 Å². The predicted octanol–water partition coefficient (Wildman–Crippen LogP) is 3.56. The van der Waals surface area contributed by atoms with Gasteiger partial charge >= 0.3 is 6.18 Å². The zero-order valence-corrected chi connectivity index (χ0v) is 12.1. The van der Waals surface area contributed by atoms with Crippen LogP contribution in [0.3, 0.4) is 0 Å². The van der Waals surface area contributed by atoms with E-state index < -0.39 is 23.2 Å². The van der Waals surface area contributed by atoms with E-state index in [9.17, 15) is 18.0 Å². The van der Waals surface area contributed by atoms with Gasteiger partial charge in [-0.3, -0.25) is 9.78 Å². The molecule has 0 spiro atoms. The molecule has 0 aliphatic carbocycles. The molecule has 0 N–H and O–H groups in total. The van der Waals surface area contributed by atoms with Crippen molar-refractivity contribution in [3.05, 3.63) is 39.9 Å². The number of aryl methyl sites for hydroxylation is 1. The van der Waals surface area contributed by atoms with E-state index in [0.29, 0.717) is 14.8 Å². The Morgan fingerprint density at radius 2 is 2.05 bits per heavy atom. The largest absolute Gasteiger partial charge is 0.434 e. The summed E-state index contributed by atoms with van der Waals surface area (Å²) in [6.45, 7) is 2.72. The van der Waals surface area contributed by atoms with Gasteiger partial charge in [-0.25, -0.2) is 4.68 Å². The minimum atomic E-state index is -4.69. The molecule has 0 fully saturated rings. The van der Waals surface area contributed by atoms with Crippen molar-refractivity contribution in [3.8, 4) is 5.69 Å². The van der Waals surface area contributed by atoms with Crippen molar-refractivity contribution in [1.82, 2.24) is 14.8 Å². The minimum Gasteiger partial charge on any atom is -0.294 e. The van der Waals surface area contributed by atoms with Crippen LogP contribution in [0.25, 0.3) is 5.69 Å². The van der Waals surface area contributed by atoms with Gasteiger partial charge in [0.15, 0.2) is 11.5 Å². The lowest BCUT2D eigenvalue weighted by molar-refractivity contribution is -0.143. The van der Waals surface area contributed by atoms with Crippen molar-refractivity contribution < 1.29 is 18.0 Å². The summed E-state index contributed by atoms with van der Waals surface area (Å²) in [5.74, 6) is -0.689. The zero-order chi connectivity index (χ0) is 15.1. The topological polar surface area (TPSA) is 47.8 Å². The molecule has 0 bridgehead atoms. The van der Waals surface area contributed by atoms with Crippen LogP contribution in [0.1, 0.15) is 28.7 Å². The lowest BCUT2D eigenvalue weighted by Crippen LogP contribution is -2.17. The van der Waals surface area contributed by atoms with Gasteiger partial charge < -0.3 is 0 Å². The Morgan fingerprint density at radius 1 is 1.40 bits per heavy atom. The smallest absolute Gasteiger partial charge is 0.294 e. The van der Waals surface area contributed by atoms with E-state index in [1.165, 1.54) is 12.3 Å². The molecule has 0 unspecified atom stereocenters. The second-order valence-corrected chi connectivity index (χ2v) is 4.90. The summed E-state index contributed by atoms with van der Waals surface area (Å²) in [7, 11) is 0. The van der Waals surface area contributed by atoms with Crippen molar-refractivity contribution in [2.24, 2.45) is 0 Å². The van der Waals surface area contributed by atoms with Gasteiger partial charge in [0.2, 0.25) is 0 Å². The van der Waals surface area contributed by atoms with E-state index in [2.05, 4.69) is 26.0 Å². The molecule has 20 heavy (non-hydrogen) atoms. The number of ketones is 1. The molecule has 0 radical (unpaired) electrons. The molecular formula is C12H9BrF3N3O.